The lowest BCUT2D eigenvalue weighted by Crippen LogP contribution is -2.25. The fraction of sp³-hybridized carbons (Fsp3) is 0.727. The molecule has 0 saturated carbocycles. The molecule has 0 radical (unpaired) electrons. The van der Waals surface area contributed by atoms with E-state index in [4.69, 9.17) is 9.47 Å². The lowest BCUT2D eigenvalue weighted by atomic mass is 10.2. The average molecular weight is 229 g/mol. The maximum atomic E-state index is 11.1. The van der Waals surface area contributed by atoms with E-state index in [1.54, 1.807) is 41.5 Å². The fourth-order valence-electron chi connectivity index (χ4n) is 0.722. The van der Waals surface area contributed by atoms with Crippen molar-refractivity contribution in [3.05, 3.63) is 0 Å². The van der Waals surface area contributed by atoms with Crippen molar-refractivity contribution in [1.82, 2.24) is 0 Å². The van der Waals surface area contributed by atoms with Crippen LogP contribution in [-0.2, 0) is 14.3 Å². The Morgan fingerprint density at radius 1 is 0.938 bits per heavy atom. The fourth-order valence-corrected chi connectivity index (χ4v) is 0.722. The van der Waals surface area contributed by atoms with Crippen LogP contribution in [0.25, 0.3) is 0 Å². The van der Waals surface area contributed by atoms with Crippen molar-refractivity contribution < 1.29 is 19.1 Å². The molecule has 16 heavy (non-hydrogen) atoms. The highest BCUT2D eigenvalue weighted by molar-refractivity contribution is 6.25. The van der Waals surface area contributed by atoms with E-state index in [-0.39, 0.29) is 0 Å². The lowest BCUT2D eigenvalue weighted by molar-refractivity contribution is -0.145. The highest BCUT2D eigenvalue weighted by Gasteiger charge is 2.17. The van der Waals surface area contributed by atoms with Crippen LogP contribution < -0.4 is 0 Å². The molecule has 0 spiro atoms. The van der Waals surface area contributed by atoms with E-state index in [0.717, 1.165) is 6.21 Å². The van der Waals surface area contributed by atoms with Crippen LogP contribution in [0.4, 0.5) is 4.79 Å². The monoisotopic (exact) mass is 229 g/mol. The molecule has 0 bridgehead atoms. The van der Waals surface area contributed by atoms with E-state index in [1.807, 2.05) is 0 Å². The highest BCUT2D eigenvalue weighted by Crippen LogP contribution is 2.08. The third-order valence-corrected chi connectivity index (χ3v) is 1.08. The van der Waals surface area contributed by atoms with Gasteiger partial charge in [-0.3, -0.25) is 0 Å². The second-order valence-corrected chi connectivity index (χ2v) is 5.27. The summed E-state index contributed by atoms with van der Waals surface area (Å²) in [4.78, 5) is 25.6. The van der Waals surface area contributed by atoms with Gasteiger partial charge in [0.25, 0.3) is 0 Å². The highest BCUT2D eigenvalue weighted by atomic mass is 16.6. The lowest BCUT2D eigenvalue weighted by Gasteiger charge is -2.18. The Balaban J connectivity index is 4.20. The molecule has 0 unspecified atom stereocenters. The zero-order chi connectivity index (χ0) is 13.0. The van der Waals surface area contributed by atoms with E-state index in [1.165, 1.54) is 0 Å². The Morgan fingerprint density at radius 3 is 1.75 bits per heavy atom. The molecule has 1 amide bonds. The van der Waals surface area contributed by atoms with Crippen LogP contribution in [0, 0.1) is 0 Å². The number of amides is 1. The minimum absolute atomic E-state index is 0.600. The third kappa shape index (κ3) is 9.18. The van der Waals surface area contributed by atoms with Crippen LogP contribution >= 0.6 is 0 Å². The molecule has 0 rings (SSSR count). The number of carbonyl (C=O) groups excluding carboxylic acids is 2. The van der Waals surface area contributed by atoms with Crippen LogP contribution in [0.15, 0.2) is 4.99 Å². The number of rotatable bonds is 1. The van der Waals surface area contributed by atoms with Crippen molar-refractivity contribution in [2.24, 2.45) is 4.99 Å². The summed E-state index contributed by atoms with van der Waals surface area (Å²) in [5.41, 5.74) is -1.22. The first-order valence-electron chi connectivity index (χ1n) is 5.00. The molecule has 5 heteroatoms. The Kier molecular flexibility index (Phi) is 4.65. The van der Waals surface area contributed by atoms with Gasteiger partial charge in [-0.15, -0.1) is 0 Å². The summed E-state index contributed by atoms with van der Waals surface area (Å²) >= 11 is 0. The molecule has 0 saturated heterocycles. The number of aliphatic imine (C=N–C) groups is 1. The summed E-state index contributed by atoms with van der Waals surface area (Å²) in [5.74, 6) is -0.668. The van der Waals surface area contributed by atoms with E-state index in [0.29, 0.717) is 0 Å². The smallest absolute Gasteiger partial charge is 0.434 e. The van der Waals surface area contributed by atoms with Crippen molar-refractivity contribution in [2.75, 3.05) is 0 Å². The summed E-state index contributed by atoms with van der Waals surface area (Å²) in [7, 11) is 0. The number of hydrogen-bond acceptors (Lipinski definition) is 4. The topological polar surface area (TPSA) is 65.0 Å². The van der Waals surface area contributed by atoms with Crippen LogP contribution in [-0.4, -0.2) is 29.5 Å². The molecule has 0 aromatic carbocycles. The van der Waals surface area contributed by atoms with Gasteiger partial charge in [-0.05, 0) is 41.5 Å². The Hall–Kier alpha value is -1.39. The molecule has 0 aromatic heterocycles. The second kappa shape index (κ2) is 5.09. The summed E-state index contributed by atoms with van der Waals surface area (Å²) < 4.78 is 9.80. The number of carbonyl (C=O) groups is 2. The van der Waals surface area contributed by atoms with Gasteiger partial charge in [0.15, 0.2) is 0 Å². The van der Waals surface area contributed by atoms with E-state index in [2.05, 4.69) is 4.99 Å². The summed E-state index contributed by atoms with van der Waals surface area (Å²) in [6, 6.07) is 0. The summed E-state index contributed by atoms with van der Waals surface area (Å²) in [6.07, 6.45) is 0.0117. The van der Waals surface area contributed by atoms with Crippen molar-refractivity contribution in [3.8, 4) is 0 Å². The van der Waals surface area contributed by atoms with Crippen molar-refractivity contribution in [1.29, 1.82) is 0 Å². The van der Waals surface area contributed by atoms with Gasteiger partial charge in [0, 0.05) is 0 Å². The zero-order valence-corrected chi connectivity index (χ0v) is 10.7. The minimum Gasteiger partial charge on any atom is -0.456 e. The van der Waals surface area contributed by atoms with Crippen LogP contribution in [0.2, 0.25) is 0 Å². The Labute approximate surface area is 95.8 Å². The average Bonchev–Trinajstić information content (AvgIpc) is 1.94. The van der Waals surface area contributed by atoms with E-state index >= 15 is 0 Å². The van der Waals surface area contributed by atoms with Crippen LogP contribution in [0.3, 0.4) is 0 Å². The second-order valence-electron chi connectivity index (χ2n) is 5.27. The van der Waals surface area contributed by atoms with Crippen LogP contribution in [0.1, 0.15) is 41.5 Å². The quantitative estimate of drug-likeness (QED) is 0.511. The van der Waals surface area contributed by atoms with Gasteiger partial charge in [-0.1, -0.05) is 0 Å². The van der Waals surface area contributed by atoms with Gasteiger partial charge >= 0.3 is 12.1 Å². The Morgan fingerprint density at radius 2 is 1.38 bits per heavy atom. The molecule has 0 aromatic rings. The van der Waals surface area contributed by atoms with Gasteiger partial charge in [-0.2, -0.15) is 4.99 Å². The number of esters is 1. The van der Waals surface area contributed by atoms with Crippen molar-refractivity contribution in [2.45, 2.75) is 52.7 Å². The van der Waals surface area contributed by atoms with Gasteiger partial charge in [0.2, 0.25) is 0 Å². The Bertz CT molecular complexity index is 264. The molecule has 92 valence electrons. The van der Waals surface area contributed by atoms with Crippen molar-refractivity contribution >= 4 is 18.3 Å². The van der Waals surface area contributed by atoms with Gasteiger partial charge < -0.3 is 9.47 Å². The molecule has 0 aliphatic rings. The number of hydrogen-bond donors (Lipinski definition) is 0. The minimum atomic E-state index is -0.807. The first-order valence-corrected chi connectivity index (χ1v) is 5.00. The molecule has 0 fully saturated rings. The van der Waals surface area contributed by atoms with Crippen LogP contribution in [0.5, 0.6) is 0 Å². The van der Waals surface area contributed by atoms with Gasteiger partial charge in [0.05, 0.1) is 0 Å². The molecule has 0 atom stereocenters. The van der Waals surface area contributed by atoms with Gasteiger partial charge in [0.1, 0.15) is 17.4 Å². The maximum Gasteiger partial charge on any atom is 0.434 e. The van der Waals surface area contributed by atoms with Gasteiger partial charge in [-0.25, -0.2) is 9.59 Å². The third-order valence-electron chi connectivity index (χ3n) is 1.08. The molecule has 0 heterocycles. The number of ether oxygens (including phenoxy) is 2. The SMILES string of the molecule is CC(C)(C)OC(=O)/C=N/C(=O)OC(C)(C)C. The molecule has 0 aliphatic carbocycles. The van der Waals surface area contributed by atoms with E-state index < -0.39 is 23.3 Å². The standard InChI is InChI=1S/C11H19NO4/c1-10(2,3)15-8(13)7-12-9(14)16-11(4,5)6/h7H,1-6H3/b12-7+. The molecule has 0 aliphatic heterocycles. The predicted molar refractivity (Wildman–Crippen MR) is 60.6 cm³/mol. The van der Waals surface area contributed by atoms with E-state index in [9.17, 15) is 9.59 Å². The predicted octanol–water partition coefficient (Wildman–Crippen LogP) is 2.33. The first kappa shape index (κ1) is 14.6. The molecular formula is C11H19NO4. The molecule has 0 N–H and O–H groups in total. The van der Waals surface area contributed by atoms with Crippen molar-refractivity contribution in [3.63, 3.8) is 0 Å². The largest absolute Gasteiger partial charge is 0.456 e. The zero-order valence-electron chi connectivity index (χ0n) is 10.7. The summed E-state index contributed by atoms with van der Waals surface area (Å²) in [5, 5.41) is 0. The number of nitrogens with zero attached hydrogens (tertiary/aromatic N) is 1. The maximum absolute atomic E-state index is 11.1. The normalized spacial score (nSPS) is 12.6. The molecule has 5 nitrogen and oxygen atoms in total. The first-order chi connectivity index (χ1) is 6.99. The summed E-state index contributed by atoms with van der Waals surface area (Å²) in [6.45, 7) is 10.3. The molecular weight excluding hydrogens is 210 g/mol.